The molecule has 0 bridgehead atoms. The standard InChI is InChI=1S/C14H19N3O/c1-16(2)10-13-14-11-6-3-4-7-12(11)15-17(14)8-5-9-18-13/h3-4,6-7,13H,5,8-10H2,1-2H3/p+1. The van der Waals surface area contributed by atoms with Gasteiger partial charge in [0.2, 0.25) is 0 Å². The van der Waals surface area contributed by atoms with Gasteiger partial charge in [-0.05, 0) is 12.5 Å². The monoisotopic (exact) mass is 246 g/mol. The van der Waals surface area contributed by atoms with Gasteiger partial charge in [0, 0.05) is 18.5 Å². The van der Waals surface area contributed by atoms with Crippen molar-refractivity contribution in [3.05, 3.63) is 30.0 Å². The first-order valence-electron chi connectivity index (χ1n) is 6.62. The van der Waals surface area contributed by atoms with E-state index in [-0.39, 0.29) is 6.10 Å². The maximum atomic E-state index is 6.03. The van der Waals surface area contributed by atoms with Gasteiger partial charge >= 0.3 is 0 Å². The van der Waals surface area contributed by atoms with Crippen molar-refractivity contribution in [3.63, 3.8) is 0 Å². The molecule has 0 saturated heterocycles. The zero-order valence-corrected chi connectivity index (χ0v) is 11.0. The van der Waals surface area contributed by atoms with Crippen LogP contribution in [0, 0.1) is 0 Å². The number of benzene rings is 1. The fraction of sp³-hybridized carbons (Fsp3) is 0.500. The lowest BCUT2D eigenvalue weighted by Gasteiger charge is -2.18. The highest BCUT2D eigenvalue weighted by molar-refractivity contribution is 5.81. The van der Waals surface area contributed by atoms with E-state index in [1.165, 1.54) is 16.0 Å². The van der Waals surface area contributed by atoms with E-state index in [0.717, 1.165) is 31.6 Å². The van der Waals surface area contributed by atoms with E-state index in [2.05, 4.69) is 37.0 Å². The lowest BCUT2D eigenvalue weighted by atomic mass is 10.1. The van der Waals surface area contributed by atoms with E-state index in [0.29, 0.717) is 0 Å². The van der Waals surface area contributed by atoms with Crippen LogP contribution in [0.1, 0.15) is 18.2 Å². The second kappa shape index (κ2) is 4.71. The number of ether oxygens (including phenoxy) is 1. The van der Waals surface area contributed by atoms with Gasteiger partial charge in [0.25, 0.3) is 0 Å². The van der Waals surface area contributed by atoms with Crippen molar-refractivity contribution in [2.45, 2.75) is 19.1 Å². The van der Waals surface area contributed by atoms with E-state index in [1.807, 2.05) is 6.07 Å². The van der Waals surface area contributed by atoms with Gasteiger partial charge in [0.15, 0.2) is 0 Å². The summed E-state index contributed by atoms with van der Waals surface area (Å²) < 4.78 is 8.17. The minimum absolute atomic E-state index is 0.157. The molecule has 2 aromatic rings. The molecule has 96 valence electrons. The number of hydrogen-bond acceptors (Lipinski definition) is 2. The Bertz CT molecular complexity index is 547. The van der Waals surface area contributed by atoms with Crippen LogP contribution in [0.25, 0.3) is 10.9 Å². The summed E-state index contributed by atoms with van der Waals surface area (Å²) in [5.41, 5.74) is 2.33. The molecule has 0 amide bonds. The van der Waals surface area contributed by atoms with Crippen molar-refractivity contribution < 1.29 is 9.64 Å². The van der Waals surface area contributed by atoms with Crippen molar-refractivity contribution in [2.24, 2.45) is 0 Å². The van der Waals surface area contributed by atoms with Gasteiger partial charge in [-0.3, -0.25) is 4.68 Å². The molecule has 18 heavy (non-hydrogen) atoms. The predicted molar refractivity (Wildman–Crippen MR) is 70.7 cm³/mol. The van der Waals surface area contributed by atoms with Gasteiger partial charge in [-0.15, -0.1) is 0 Å². The molecule has 1 aliphatic rings. The summed E-state index contributed by atoms with van der Waals surface area (Å²) in [5, 5.41) is 5.94. The molecule has 1 unspecified atom stereocenters. The quantitative estimate of drug-likeness (QED) is 0.843. The fourth-order valence-electron chi connectivity index (χ4n) is 2.66. The lowest BCUT2D eigenvalue weighted by molar-refractivity contribution is -0.862. The number of quaternary nitrogens is 1. The Hall–Kier alpha value is -1.39. The van der Waals surface area contributed by atoms with Gasteiger partial charge in [-0.2, -0.15) is 5.10 Å². The van der Waals surface area contributed by atoms with Crippen molar-refractivity contribution in [1.29, 1.82) is 0 Å². The molecule has 1 aromatic carbocycles. The number of aryl methyl sites for hydroxylation is 1. The van der Waals surface area contributed by atoms with E-state index in [4.69, 9.17) is 9.84 Å². The summed E-state index contributed by atoms with van der Waals surface area (Å²) in [5.74, 6) is 0. The molecule has 0 spiro atoms. The van der Waals surface area contributed by atoms with Crippen molar-refractivity contribution in [3.8, 4) is 0 Å². The van der Waals surface area contributed by atoms with Crippen molar-refractivity contribution in [2.75, 3.05) is 27.2 Å². The van der Waals surface area contributed by atoms with Gasteiger partial charge in [-0.25, -0.2) is 0 Å². The van der Waals surface area contributed by atoms with Crippen LogP contribution in [-0.2, 0) is 11.3 Å². The van der Waals surface area contributed by atoms with Crippen molar-refractivity contribution >= 4 is 10.9 Å². The first-order chi connectivity index (χ1) is 8.75. The molecule has 0 fully saturated rings. The summed E-state index contributed by atoms with van der Waals surface area (Å²) >= 11 is 0. The highest BCUT2D eigenvalue weighted by atomic mass is 16.5. The average Bonchev–Trinajstić information content (AvgIpc) is 2.60. The molecule has 2 heterocycles. The second-order valence-electron chi connectivity index (χ2n) is 5.25. The van der Waals surface area contributed by atoms with Crippen LogP contribution >= 0.6 is 0 Å². The Balaban J connectivity index is 2.11. The predicted octanol–water partition coefficient (Wildman–Crippen LogP) is 0.642. The van der Waals surface area contributed by atoms with Gasteiger partial charge < -0.3 is 9.64 Å². The average molecular weight is 246 g/mol. The number of likely N-dealkylation sites (N-methyl/N-ethyl adjacent to an activating group) is 1. The maximum absolute atomic E-state index is 6.03. The number of hydrogen-bond donors (Lipinski definition) is 1. The third-order valence-electron chi connectivity index (χ3n) is 3.42. The largest absolute Gasteiger partial charge is 0.366 e. The van der Waals surface area contributed by atoms with Crippen LogP contribution in [0.15, 0.2) is 24.3 Å². The SMILES string of the molecule is C[NH+](C)CC1OCCCn2nc3ccccc3c21. The Kier molecular flexibility index (Phi) is 3.06. The molecule has 1 N–H and O–H groups in total. The topological polar surface area (TPSA) is 31.5 Å². The number of rotatable bonds is 2. The molecule has 0 saturated carbocycles. The number of nitrogens with one attached hydrogen (secondary N) is 1. The van der Waals surface area contributed by atoms with E-state index < -0.39 is 0 Å². The normalized spacial score (nSPS) is 20.1. The summed E-state index contributed by atoms with van der Waals surface area (Å²) in [6.45, 7) is 2.77. The smallest absolute Gasteiger partial charge is 0.148 e. The van der Waals surface area contributed by atoms with Gasteiger partial charge in [-0.1, -0.05) is 18.2 Å². The summed E-state index contributed by atoms with van der Waals surface area (Å²) in [6, 6.07) is 8.36. The molecular formula is C14H20N3O+. The van der Waals surface area contributed by atoms with E-state index in [9.17, 15) is 0 Å². The molecule has 3 rings (SSSR count). The first-order valence-corrected chi connectivity index (χ1v) is 6.62. The van der Waals surface area contributed by atoms with Gasteiger partial charge in [0.05, 0.1) is 25.3 Å². The Morgan fingerprint density at radius 2 is 2.22 bits per heavy atom. The third-order valence-corrected chi connectivity index (χ3v) is 3.42. The van der Waals surface area contributed by atoms with Crippen molar-refractivity contribution in [1.82, 2.24) is 9.78 Å². The molecule has 4 heteroatoms. The number of nitrogens with zero attached hydrogens (tertiary/aromatic N) is 2. The Morgan fingerprint density at radius 3 is 3.06 bits per heavy atom. The minimum Gasteiger partial charge on any atom is -0.366 e. The van der Waals surface area contributed by atoms with Crippen LogP contribution in [-0.4, -0.2) is 37.0 Å². The van der Waals surface area contributed by atoms with Crippen LogP contribution in [0.5, 0.6) is 0 Å². The van der Waals surface area contributed by atoms with Crippen LogP contribution in [0.4, 0.5) is 0 Å². The highest BCUT2D eigenvalue weighted by Crippen LogP contribution is 2.28. The van der Waals surface area contributed by atoms with Crippen LogP contribution in [0.2, 0.25) is 0 Å². The first kappa shape index (κ1) is 11.7. The van der Waals surface area contributed by atoms with Crippen LogP contribution in [0.3, 0.4) is 0 Å². The zero-order chi connectivity index (χ0) is 12.5. The summed E-state index contributed by atoms with van der Waals surface area (Å²) in [7, 11) is 4.33. The van der Waals surface area contributed by atoms with Gasteiger partial charge in [0.1, 0.15) is 12.6 Å². The molecular weight excluding hydrogens is 226 g/mol. The summed E-state index contributed by atoms with van der Waals surface area (Å²) in [4.78, 5) is 1.40. The molecule has 1 aromatic heterocycles. The Labute approximate surface area is 107 Å². The third kappa shape index (κ3) is 2.02. The van der Waals surface area contributed by atoms with E-state index in [1.54, 1.807) is 0 Å². The summed E-state index contributed by atoms with van der Waals surface area (Å²) in [6.07, 6.45) is 1.20. The van der Waals surface area contributed by atoms with Crippen LogP contribution < -0.4 is 4.90 Å². The zero-order valence-electron chi connectivity index (χ0n) is 11.0. The highest BCUT2D eigenvalue weighted by Gasteiger charge is 2.25. The maximum Gasteiger partial charge on any atom is 0.148 e. The second-order valence-corrected chi connectivity index (χ2v) is 5.25. The number of aromatic nitrogens is 2. The fourth-order valence-corrected chi connectivity index (χ4v) is 2.66. The molecule has 1 aliphatic heterocycles. The lowest BCUT2D eigenvalue weighted by Crippen LogP contribution is -3.06. The molecule has 4 nitrogen and oxygen atoms in total. The Morgan fingerprint density at radius 1 is 1.39 bits per heavy atom. The minimum atomic E-state index is 0.157. The van der Waals surface area contributed by atoms with E-state index >= 15 is 0 Å². The molecule has 0 aliphatic carbocycles. The molecule has 1 atom stereocenters. The number of fused-ring (bicyclic) bond motifs is 3. The molecule has 0 radical (unpaired) electrons.